The fraction of sp³-hybridized carbons (Fsp3) is 0.429. The zero-order chi connectivity index (χ0) is 22.6. The fourth-order valence-corrected chi connectivity index (χ4v) is 5.76. The van der Waals surface area contributed by atoms with E-state index in [1.54, 1.807) is 20.0 Å². The number of sulfonamides is 1. The summed E-state index contributed by atoms with van der Waals surface area (Å²) in [6.45, 7) is 1.66. The van der Waals surface area contributed by atoms with Crippen molar-refractivity contribution in [2.45, 2.75) is 60.2 Å². The van der Waals surface area contributed by atoms with Gasteiger partial charge in [-0.1, -0.05) is 42.6 Å². The minimum atomic E-state index is -3.62. The number of pyridine rings is 1. The molecule has 0 radical (unpaired) electrons. The number of halogens is 2. The molecule has 31 heavy (non-hydrogen) atoms. The first kappa shape index (κ1) is 24.0. The van der Waals surface area contributed by atoms with Gasteiger partial charge < -0.3 is 5.32 Å². The highest BCUT2D eigenvalue weighted by molar-refractivity contribution is 8.00. The lowest BCUT2D eigenvalue weighted by atomic mass is 9.96. The van der Waals surface area contributed by atoms with Crippen molar-refractivity contribution in [3.63, 3.8) is 0 Å². The number of aromatic nitrogens is 1. The van der Waals surface area contributed by atoms with Crippen LogP contribution >= 0.6 is 23.4 Å². The summed E-state index contributed by atoms with van der Waals surface area (Å²) in [5.41, 5.74) is 0.0435. The number of thioether (sulfide) groups is 1. The second kappa shape index (κ2) is 10.3. The number of hydrogen-bond acceptors (Lipinski definition) is 5. The molecule has 1 aromatic carbocycles. The SMILES string of the molecule is CC(Sc1ccc(S(=O)(=O)N(C)C2CCCCC2)cn1)C(=O)Nc1ccc(Cl)cc1F. The van der Waals surface area contributed by atoms with Gasteiger partial charge in [0.15, 0.2) is 0 Å². The number of carbonyl (C=O) groups excluding carboxylic acids is 1. The standard InChI is InChI=1S/C21H25ClFN3O3S2/c1-14(21(27)25-19-10-8-15(22)12-18(19)23)30-20-11-9-17(13-24-20)31(28,29)26(2)16-6-4-3-5-7-16/h8-14,16H,3-7H2,1-2H3,(H,25,27). The third-order valence-electron chi connectivity index (χ3n) is 5.33. The normalized spacial score (nSPS) is 16.3. The van der Waals surface area contributed by atoms with Gasteiger partial charge in [-0.15, -0.1) is 0 Å². The highest BCUT2D eigenvalue weighted by Crippen LogP contribution is 2.28. The third kappa shape index (κ3) is 5.97. The first-order valence-corrected chi connectivity index (χ1v) is 12.7. The van der Waals surface area contributed by atoms with Crippen LogP contribution in [0.25, 0.3) is 0 Å². The molecule has 0 saturated heterocycles. The first-order chi connectivity index (χ1) is 14.7. The van der Waals surface area contributed by atoms with Gasteiger partial charge in [-0.05, 0) is 50.1 Å². The minimum absolute atomic E-state index is 0.0183. The van der Waals surface area contributed by atoms with E-state index in [9.17, 15) is 17.6 Å². The zero-order valence-corrected chi connectivity index (χ0v) is 19.7. The smallest absolute Gasteiger partial charge is 0.244 e. The molecule has 1 aliphatic carbocycles. The predicted octanol–water partition coefficient (Wildman–Crippen LogP) is 4.95. The maximum atomic E-state index is 13.9. The molecule has 1 atom stereocenters. The number of nitrogens with zero attached hydrogens (tertiary/aromatic N) is 2. The molecule has 1 heterocycles. The van der Waals surface area contributed by atoms with E-state index in [1.807, 2.05) is 0 Å². The van der Waals surface area contributed by atoms with Crippen LogP contribution in [-0.4, -0.2) is 42.0 Å². The number of anilines is 1. The van der Waals surface area contributed by atoms with Crippen molar-refractivity contribution >= 4 is 45.0 Å². The van der Waals surface area contributed by atoms with Crippen molar-refractivity contribution < 1.29 is 17.6 Å². The summed E-state index contributed by atoms with van der Waals surface area (Å²) in [6, 6.07) is 7.12. The average Bonchev–Trinajstić information content (AvgIpc) is 2.76. The zero-order valence-electron chi connectivity index (χ0n) is 17.3. The van der Waals surface area contributed by atoms with Crippen LogP contribution in [0, 0.1) is 5.82 Å². The summed E-state index contributed by atoms with van der Waals surface area (Å²) in [7, 11) is -2.00. The van der Waals surface area contributed by atoms with E-state index < -0.39 is 27.0 Å². The van der Waals surface area contributed by atoms with Crippen LogP contribution in [-0.2, 0) is 14.8 Å². The first-order valence-electron chi connectivity index (χ1n) is 10.0. The van der Waals surface area contributed by atoms with Gasteiger partial charge in [0.2, 0.25) is 15.9 Å². The van der Waals surface area contributed by atoms with E-state index in [0.717, 1.165) is 49.9 Å². The molecule has 168 valence electrons. The van der Waals surface area contributed by atoms with E-state index >= 15 is 0 Å². The molecule has 1 aliphatic rings. The van der Waals surface area contributed by atoms with Gasteiger partial charge in [0.1, 0.15) is 10.7 Å². The molecule has 0 bridgehead atoms. The molecule has 1 amide bonds. The lowest BCUT2D eigenvalue weighted by Gasteiger charge is -2.30. The summed E-state index contributed by atoms with van der Waals surface area (Å²) in [6.07, 6.45) is 6.29. The van der Waals surface area contributed by atoms with Crippen LogP contribution in [0.3, 0.4) is 0 Å². The summed E-state index contributed by atoms with van der Waals surface area (Å²) < 4.78 is 41.1. The van der Waals surface area contributed by atoms with Gasteiger partial charge in [-0.2, -0.15) is 4.31 Å². The van der Waals surface area contributed by atoms with Crippen LogP contribution in [0.15, 0.2) is 46.5 Å². The molecule has 3 rings (SSSR count). The Morgan fingerprint density at radius 2 is 1.97 bits per heavy atom. The number of nitrogens with one attached hydrogen (secondary N) is 1. The Morgan fingerprint density at radius 3 is 2.58 bits per heavy atom. The van der Waals surface area contributed by atoms with Crippen LogP contribution in [0.2, 0.25) is 5.02 Å². The maximum absolute atomic E-state index is 13.9. The van der Waals surface area contributed by atoms with Crippen molar-refractivity contribution in [2.24, 2.45) is 0 Å². The topological polar surface area (TPSA) is 79.4 Å². The average molecular weight is 486 g/mol. The Kier molecular flexibility index (Phi) is 7.96. The van der Waals surface area contributed by atoms with Gasteiger partial charge in [0.25, 0.3) is 0 Å². The van der Waals surface area contributed by atoms with Gasteiger partial charge in [-0.3, -0.25) is 4.79 Å². The Balaban J connectivity index is 1.63. The van der Waals surface area contributed by atoms with E-state index in [1.165, 1.54) is 28.7 Å². The van der Waals surface area contributed by atoms with Crippen molar-refractivity contribution in [3.8, 4) is 0 Å². The molecule has 2 aromatic rings. The maximum Gasteiger partial charge on any atom is 0.244 e. The predicted molar refractivity (Wildman–Crippen MR) is 121 cm³/mol. The number of rotatable bonds is 7. The number of benzene rings is 1. The van der Waals surface area contributed by atoms with Crippen LogP contribution in [0.1, 0.15) is 39.0 Å². The molecular weight excluding hydrogens is 461 g/mol. The van der Waals surface area contributed by atoms with Gasteiger partial charge >= 0.3 is 0 Å². The Labute approximate surface area is 191 Å². The summed E-state index contributed by atoms with van der Waals surface area (Å²) in [5.74, 6) is -1.02. The Hall–Kier alpha value is -1.68. The quantitative estimate of drug-likeness (QED) is 0.561. The molecule has 1 N–H and O–H groups in total. The second-order valence-electron chi connectivity index (χ2n) is 7.52. The van der Waals surface area contributed by atoms with E-state index in [0.29, 0.717) is 5.03 Å². The lowest BCUT2D eigenvalue weighted by molar-refractivity contribution is -0.115. The summed E-state index contributed by atoms with van der Waals surface area (Å²) >= 11 is 6.88. The molecular formula is C21H25ClFN3O3S2. The van der Waals surface area contributed by atoms with Crippen molar-refractivity contribution in [2.75, 3.05) is 12.4 Å². The van der Waals surface area contributed by atoms with Crippen molar-refractivity contribution in [3.05, 3.63) is 47.4 Å². The van der Waals surface area contributed by atoms with Crippen molar-refractivity contribution in [1.82, 2.24) is 9.29 Å². The summed E-state index contributed by atoms with van der Waals surface area (Å²) in [4.78, 5) is 16.7. The highest BCUT2D eigenvalue weighted by Gasteiger charge is 2.29. The van der Waals surface area contributed by atoms with E-state index in [4.69, 9.17) is 11.6 Å². The second-order valence-corrected chi connectivity index (χ2v) is 11.3. The van der Waals surface area contributed by atoms with Gasteiger partial charge in [0, 0.05) is 24.3 Å². The monoisotopic (exact) mass is 485 g/mol. The minimum Gasteiger partial charge on any atom is -0.323 e. The molecule has 1 saturated carbocycles. The van der Waals surface area contributed by atoms with Crippen molar-refractivity contribution in [1.29, 1.82) is 0 Å². The number of hydrogen-bond donors (Lipinski definition) is 1. The lowest BCUT2D eigenvalue weighted by Crippen LogP contribution is -2.38. The molecule has 6 nitrogen and oxygen atoms in total. The van der Waals surface area contributed by atoms with Crippen LogP contribution < -0.4 is 5.32 Å². The molecule has 1 unspecified atom stereocenters. The molecule has 0 aliphatic heterocycles. The Morgan fingerprint density at radius 1 is 1.26 bits per heavy atom. The van der Waals surface area contributed by atoms with Crippen LogP contribution in [0.4, 0.5) is 10.1 Å². The van der Waals surface area contributed by atoms with E-state index in [-0.39, 0.29) is 21.6 Å². The molecule has 1 aromatic heterocycles. The Bertz CT molecular complexity index is 1030. The van der Waals surface area contributed by atoms with Crippen LogP contribution in [0.5, 0.6) is 0 Å². The van der Waals surface area contributed by atoms with Gasteiger partial charge in [-0.25, -0.2) is 17.8 Å². The summed E-state index contributed by atoms with van der Waals surface area (Å²) in [5, 5.41) is 2.69. The molecule has 0 spiro atoms. The highest BCUT2D eigenvalue weighted by atomic mass is 35.5. The van der Waals surface area contributed by atoms with Gasteiger partial charge in [0.05, 0.1) is 16.0 Å². The molecule has 1 fully saturated rings. The number of amides is 1. The fourth-order valence-electron chi connectivity index (χ4n) is 3.46. The number of carbonyl (C=O) groups is 1. The van der Waals surface area contributed by atoms with E-state index in [2.05, 4.69) is 10.3 Å². The third-order valence-corrected chi connectivity index (χ3v) is 8.51. The largest absolute Gasteiger partial charge is 0.323 e. The molecule has 10 heteroatoms.